The summed E-state index contributed by atoms with van der Waals surface area (Å²) in [5, 5.41) is 3.83. The number of hydrogen-bond donors (Lipinski definition) is 1. The highest BCUT2D eigenvalue weighted by atomic mass is 16.5. The van der Waals surface area contributed by atoms with Gasteiger partial charge in [0.1, 0.15) is 5.75 Å². The fourth-order valence-electron chi connectivity index (χ4n) is 1.49. The van der Waals surface area contributed by atoms with Crippen LogP contribution < -0.4 is 10.5 Å². The first-order valence-electron chi connectivity index (χ1n) is 5.47. The third kappa shape index (κ3) is 2.66. The van der Waals surface area contributed by atoms with Gasteiger partial charge in [0.15, 0.2) is 5.82 Å². The normalized spacial score (nSPS) is 12.4. The number of nitrogens with two attached hydrogens (primary N) is 1. The number of benzene rings is 1. The van der Waals surface area contributed by atoms with Crippen molar-refractivity contribution in [3.63, 3.8) is 0 Å². The van der Waals surface area contributed by atoms with Gasteiger partial charge in [-0.25, -0.2) is 0 Å². The van der Waals surface area contributed by atoms with Crippen LogP contribution in [0.25, 0.3) is 11.5 Å². The average molecular weight is 249 g/mol. The Morgan fingerprint density at radius 3 is 2.61 bits per heavy atom. The molecule has 0 aliphatic heterocycles. The summed E-state index contributed by atoms with van der Waals surface area (Å²) >= 11 is 0. The lowest BCUT2D eigenvalue weighted by atomic mass is 10.2. The van der Waals surface area contributed by atoms with Gasteiger partial charge in [-0.05, 0) is 24.3 Å². The maximum absolute atomic E-state index is 5.81. The summed E-state index contributed by atoms with van der Waals surface area (Å²) in [4.78, 5) is 4.23. The van der Waals surface area contributed by atoms with Crippen LogP contribution >= 0.6 is 0 Å². The molecule has 0 fully saturated rings. The summed E-state index contributed by atoms with van der Waals surface area (Å²) in [6, 6.07) is 6.96. The van der Waals surface area contributed by atoms with Gasteiger partial charge in [-0.15, -0.1) is 0 Å². The van der Waals surface area contributed by atoms with Gasteiger partial charge in [0.05, 0.1) is 19.8 Å². The van der Waals surface area contributed by atoms with Gasteiger partial charge in [-0.2, -0.15) is 4.98 Å². The van der Waals surface area contributed by atoms with E-state index in [1.54, 1.807) is 14.2 Å². The highest BCUT2D eigenvalue weighted by molar-refractivity contribution is 5.54. The first-order valence-corrected chi connectivity index (χ1v) is 5.47. The van der Waals surface area contributed by atoms with Crippen molar-refractivity contribution in [2.24, 2.45) is 5.73 Å². The fourth-order valence-corrected chi connectivity index (χ4v) is 1.49. The summed E-state index contributed by atoms with van der Waals surface area (Å²) < 4.78 is 15.2. The van der Waals surface area contributed by atoms with Gasteiger partial charge in [-0.1, -0.05) is 5.16 Å². The Kier molecular flexibility index (Phi) is 3.91. The average Bonchev–Trinajstić information content (AvgIpc) is 2.89. The molecule has 18 heavy (non-hydrogen) atoms. The fraction of sp³-hybridized carbons (Fsp3) is 0.333. The van der Waals surface area contributed by atoms with E-state index in [0.29, 0.717) is 18.3 Å². The third-order valence-electron chi connectivity index (χ3n) is 2.46. The molecule has 0 aliphatic carbocycles. The molecule has 1 aromatic heterocycles. The molecule has 2 aromatic rings. The molecule has 0 saturated carbocycles. The van der Waals surface area contributed by atoms with Crippen LogP contribution in [0.15, 0.2) is 28.8 Å². The summed E-state index contributed by atoms with van der Waals surface area (Å²) in [6.07, 6.45) is 0. The monoisotopic (exact) mass is 249 g/mol. The van der Waals surface area contributed by atoms with Crippen LogP contribution in [0.4, 0.5) is 0 Å². The summed E-state index contributed by atoms with van der Waals surface area (Å²) in [7, 11) is 3.19. The van der Waals surface area contributed by atoms with Crippen LogP contribution in [0.5, 0.6) is 5.75 Å². The number of rotatable bonds is 5. The van der Waals surface area contributed by atoms with E-state index in [4.69, 9.17) is 19.7 Å². The van der Waals surface area contributed by atoms with Crippen molar-refractivity contribution in [3.8, 4) is 17.2 Å². The summed E-state index contributed by atoms with van der Waals surface area (Å²) in [5.41, 5.74) is 6.63. The standard InChI is InChI=1S/C12H15N3O3/c1-16-7-10(13)11-14-12(18-15-11)8-3-5-9(17-2)6-4-8/h3-6,10H,7,13H2,1-2H3. The second-order valence-electron chi connectivity index (χ2n) is 3.75. The molecule has 0 bridgehead atoms. The van der Waals surface area contributed by atoms with Gasteiger partial charge in [0.2, 0.25) is 0 Å². The third-order valence-corrected chi connectivity index (χ3v) is 2.46. The van der Waals surface area contributed by atoms with E-state index in [2.05, 4.69) is 10.1 Å². The molecule has 2 rings (SSSR count). The lowest BCUT2D eigenvalue weighted by Crippen LogP contribution is -2.17. The minimum Gasteiger partial charge on any atom is -0.497 e. The molecule has 1 unspecified atom stereocenters. The van der Waals surface area contributed by atoms with Crippen LogP contribution in [-0.2, 0) is 4.74 Å². The first kappa shape index (κ1) is 12.5. The number of hydrogen-bond acceptors (Lipinski definition) is 6. The number of nitrogens with zero attached hydrogens (tertiary/aromatic N) is 2. The number of aromatic nitrogens is 2. The lowest BCUT2D eigenvalue weighted by Gasteiger charge is -2.03. The van der Waals surface area contributed by atoms with Gasteiger partial charge in [0.25, 0.3) is 5.89 Å². The van der Waals surface area contributed by atoms with E-state index in [-0.39, 0.29) is 6.04 Å². The zero-order valence-electron chi connectivity index (χ0n) is 10.3. The molecule has 0 radical (unpaired) electrons. The predicted molar refractivity (Wildman–Crippen MR) is 65.1 cm³/mol. The van der Waals surface area contributed by atoms with Crippen LogP contribution in [0.2, 0.25) is 0 Å². The Morgan fingerprint density at radius 2 is 2.00 bits per heavy atom. The molecule has 0 aliphatic rings. The Morgan fingerprint density at radius 1 is 1.28 bits per heavy atom. The second-order valence-corrected chi connectivity index (χ2v) is 3.75. The molecule has 6 nitrogen and oxygen atoms in total. The highest BCUT2D eigenvalue weighted by Crippen LogP contribution is 2.21. The van der Waals surface area contributed by atoms with Crippen molar-refractivity contribution in [2.75, 3.05) is 20.8 Å². The quantitative estimate of drug-likeness (QED) is 0.862. The van der Waals surface area contributed by atoms with Gasteiger partial charge in [-0.3, -0.25) is 0 Å². The van der Waals surface area contributed by atoms with Crippen molar-refractivity contribution < 1.29 is 14.0 Å². The van der Waals surface area contributed by atoms with Crippen LogP contribution in [0, 0.1) is 0 Å². The second kappa shape index (κ2) is 5.61. The molecule has 0 spiro atoms. The Labute approximate surface area is 105 Å². The maximum Gasteiger partial charge on any atom is 0.257 e. The molecule has 1 aromatic carbocycles. The first-order chi connectivity index (χ1) is 8.74. The maximum atomic E-state index is 5.81. The minimum absolute atomic E-state index is 0.349. The number of methoxy groups -OCH3 is 2. The molecular formula is C12H15N3O3. The van der Waals surface area contributed by atoms with Crippen LogP contribution in [-0.4, -0.2) is 31.0 Å². The largest absolute Gasteiger partial charge is 0.497 e. The highest BCUT2D eigenvalue weighted by Gasteiger charge is 2.15. The van der Waals surface area contributed by atoms with E-state index in [1.165, 1.54) is 0 Å². The Hall–Kier alpha value is -1.92. The van der Waals surface area contributed by atoms with Crippen molar-refractivity contribution >= 4 is 0 Å². The Balaban J connectivity index is 2.18. The smallest absolute Gasteiger partial charge is 0.257 e. The molecule has 0 saturated heterocycles. The van der Waals surface area contributed by atoms with Gasteiger partial charge in [0, 0.05) is 12.7 Å². The molecule has 1 atom stereocenters. The van der Waals surface area contributed by atoms with Crippen molar-refractivity contribution in [3.05, 3.63) is 30.1 Å². The summed E-state index contributed by atoms with van der Waals surface area (Å²) in [6.45, 7) is 0.349. The van der Waals surface area contributed by atoms with Gasteiger partial charge >= 0.3 is 0 Å². The van der Waals surface area contributed by atoms with Crippen LogP contribution in [0.1, 0.15) is 11.9 Å². The molecule has 1 heterocycles. The summed E-state index contributed by atoms with van der Waals surface area (Å²) in [5.74, 6) is 1.64. The minimum atomic E-state index is -0.384. The van der Waals surface area contributed by atoms with Crippen molar-refractivity contribution in [1.29, 1.82) is 0 Å². The van der Waals surface area contributed by atoms with E-state index >= 15 is 0 Å². The van der Waals surface area contributed by atoms with Crippen molar-refractivity contribution in [2.45, 2.75) is 6.04 Å². The van der Waals surface area contributed by atoms with Gasteiger partial charge < -0.3 is 19.7 Å². The molecule has 6 heteroatoms. The van der Waals surface area contributed by atoms with Crippen LogP contribution in [0.3, 0.4) is 0 Å². The van der Waals surface area contributed by atoms with E-state index < -0.39 is 0 Å². The lowest BCUT2D eigenvalue weighted by molar-refractivity contribution is 0.177. The Bertz CT molecular complexity index is 496. The van der Waals surface area contributed by atoms with E-state index in [9.17, 15) is 0 Å². The molecule has 0 amide bonds. The molecule has 2 N–H and O–H groups in total. The predicted octanol–water partition coefficient (Wildman–Crippen LogP) is 1.39. The zero-order valence-corrected chi connectivity index (χ0v) is 10.3. The number of ether oxygens (including phenoxy) is 2. The molecule has 96 valence electrons. The van der Waals surface area contributed by atoms with E-state index in [1.807, 2.05) is 24.3 Å². The SMILES string of the molecule is COCC(N)c1noc(-c2ccc(OC)cc2)n1. The zero-order chi connectivity index (χ0) is 13.0. The topological polar surface area (TPSA) is 83.4 Å². The van der Waals surface area contributed by atoms with Crippen molar-refractivity contribution in [1.82, 2.24) is 10.1 Å². The van der Waals surface area contributed by atoms with E-state index in [0.717, 1.165) is 11.3 Å². The molecular weight excluding hydrogens is 234 g/mol.